The van der Waals surface area contributed by atoms with Crippen molar-refractivity contribution in [2.45, 2.75) is 0 Å². The Hall–Kier alpha value is -3.47. The van der Waals surface area contributed by atoms with Crippen LogP contribution in [0.4, 0.5) is 11.4 Å². The highest BCUT2D eigenvalue weighted by atomic mass is 32.1. The Labute approximate surface area is 167 Å². The van der Waals surface area contributed by atoms with E-state index < -0.39 is 0 Å². The first-order valence-electron chi connectivity index (χ1n) is 8.47. The molecule has 5 rings (SSSR count). The van der Waals surface area contributed by atoms with Crippen molar-refractivity contribution < 1.29 is 4.79 Å². The van der Waals surface area contributed by atoms with Crippen LogP contribution in [-0.2, 0) is 0 Å². The van der Waals surface area contributed by atoms with Gasteiger partial charge in [-0.15, -0.1) is 22.7 Å². The van der Waals surface area contributed by atoms with Crippen LogP contribution in [0.15, 0.2) is 54.9 Å². The number of hydrogen-bond acceptors (Lipinski definition) is 6. The summed E-state index contributed by atoms with van der Waals surface area (Å²) in [4.78, 5) is 22.2. The largest absolute Gasteiger partial charge is 0.361 e. The fraction of sp³-hybridized carbons (Fsp3) is 0. The van der Waals surface area contributed by atoms with Crippen molar-refractivity contribution >= 4 is 61.5 Å². The van der Waals surface area contributed by atoms with Gasteiger partial charge in [-0.1, -0.05) is 0 Å². The molecule has 1 aromatic carbocycles. The minimum Gasteiger partial charge on any atom is -0.361 e. The first-order chi connectivity index (χ1) is 13.7. The second-order valence-corrected chi connectivity index (χ2v) is 8.36. The summed E-state index contributed by atoms with van der Waals surface area (Å²) in [5.74, 6) is 0. The molecule has 0 saturated heterocycles. The molecule has 0 aliphatic carbocycles. The van der Waals surface area contributed by atoms with E-state index in [4.69, 9.17) is 0 Å². The van der Waals surface area contributed by atoms with Crippen LogP contribution in [0.25, 0.3) is 30.9 Å². The normalized spacial score (nSPS) is 11.0. The molecule has 4 heterocycles. The van der Waals surface area contributed by atoms with Gasteiger partial charge in [-0.25, -0.2) is 4.98 Å². The van der Waals surface area contributed by atoms with Gasteiger partial charge >= 0.3 is 0 Å². The summed E-state index contributed by atoms with van der Waals surface area (Å²) in [5, 5.41) is 15.0. The van der Waals surface area contributed by atoms with Crippen molar-refractivity contribution in [3.8, 4) is 15.8 Å². The van der Waals surface area contributed by atoms with E-state index in [1.807, 2.05) is 48.7 Å². The summed E-state index contributed by atoms with van der Waals surface area (Å²) in [6, 6.07) is 16.1. The Bertz CT molecular complexity index is 1390. The molecule has 0 aliphatic rings. The number of rotatable bonds is 4. The van der Waals surface area contributed by atoms with E-state index >= 15 is 0 Å². The molecule has 0 spiro atoms. The number of thiophene rings is 2. The number of benzene rings is 1. The standard InChI is InChI=1S/C21H12N4OS2/c22-9-13-10-24-21-16(8-19(28-21)18-4-2-15(11-26)27-18)20(13)25-14-1-3-17-12(7-14)5-6-23-17/h1-8,10-11,23H,(H,24,25). The van der Waals surface area contributed by atoms with Gasteiger partial charge < -0.3 is 10.3 Å². The lowest BCUT2D eigenvalue weighted by Crippen LogP contribution is -1.95. The molecule has 0 fully saturated rings. The summed E-state index contributed by atoms with van der Waals surface area (Å²) in [5.41, 5.74) is 3.21. The lowest BCUT2D eigenvalue weighted by Gasteiger charge is -2.09. The highest BCUT2D eigenvalue weighted by Crippen LogP contribution is 2.40. The average Bonchev–Trinajstić information content (AvgIpc) is 3.45. The predicted octanol–water partition coefficient (Wildman–Crippen LogP) is 5.93. The second kappa shape index (κ2) is 6.60. The van der Waals surface area contributed by atoms with Crippen molar-refractivity contribution in [3.63, 3.8) is 0 Å². The van der Waals surface area contributed by atoms with Crippen LogP contribution in [0, 0.1) is 11.3 Å². The number of fused-ring (bicyclic) bond motifs is 2. The molecule has 5 aromatic rings. The number of carbonyl (C=O) groups excluding carboxylic acids is 1. The first kappa shape index (κ1) is 16.7. The van der Waals surface area contributed by atoms with E-state index in [0.29, 0.717) is 10.4 Å². The summed E-state index contributed by atoms with van der Waals surface area (Å²) >= 11 is 3.00. The quantitative estimate of drug-likeness (QED) is 0.366. The number of hydrogen-bond donors (Lipinski definition) is 2. The molecule has 4 aromatic heterocycles. The summed E-state index contributed by atoms with van der Waals surface area (Å²) in [6.07, 6.45) is 4.36. The number of nitrogens with one attached hydrogen (secondary N) is 2. The van der Waals surface area contributed by atoms with Crippen LogP contribution in [0.3, 0.4) is 0 Å². The molecule has 0 radical (unpaired) electrons. The minimum atomic E-state index is 0.491. The van der Waals surface area contributed by atoms with E-state index in [1.54, 1.807) is 17.5 Å². The van der Waals surface area contributed by atoms with Gasteiger partial charge in [0.05, 0.1) is 16.1 Å². The monoisotopic (exact) mass is 400 g/mol. The Morgan fingerprint density at radius 3 is 2.86 bits per heavy atom. The van der Waals surface area contributed by atoms with Gasteiger partial charge in [0.25, 0.3) is 0 Å². The average molecular weight is 400 g/mol. The fourth-order valence-electron chi connectivity index (χ4n) is 3.15. The molecular formula is C21H12N4OS2. The number of H-pyrrole nitrogens is 1. The Morgan fingerprint density at radius 2 is 2.04 bits per heavy atom. The van der Waals surface area contributed by atoms with Crippen LogP contribution in [-0.4, -0.2) is 16.3 Å². The molecular weight excluding hydrogens is 388 g/mol. The van der Waals surface area contributed by atoms with E-state index in [-0.39, 0.29) is 0 Å². The van der Waals surface area contributed by atoms with Crippen molar-refractivity contribution in [1.29, 1.82) is 5.26 Å². The second-order valence-electron chi connectivity index (χ2n) is 6.21. The molecule has 5 nitrogen and oxygen atoms in total. The van der Waals surface area contributed by atoms with Crippen LogP contribution in [0.1, 0.15) is 15.2 Å². The molecule has 0 bridgehead atoms. The van der Waals surface area contributed by atoms with E-state index in [0.717, 1.165) is 48.5 Å². The van der Waals surface area contributed by atoms with Gasteiger partial charge in [-0.2, -0.15) is 5.26 Å². The third-order valence-electron chi connectivity index (χ3n) is 4.49. The van der Waals surface area contributed by atoms with E-state index in [9.17, 15) is 10.1 Å². The third kappa shape index (κ3) is 2.76. The zero-order chi connectivity index (χ0) is 19.1. The number of nitriles is 1. The van der Waals surface area contributed by atoms with Crippen LogP contribution in [0.5, 0.6) is 0 Å². The minimum absolute atomic E-state index is 0.491. The number of carbonyl (C=O) groups is 1. The van der Waals surface area contributed by atoms with Gasteiger partial charge in [0.1, 0.15) is 10.9 Å². The van der Waals surface area contributed by atoms with Crippen molar-refractivity contribution in [2.75, 3.05) is 5.32 Å². The van der Waals surface area contributed by atoms with Crippen molar-refractivity contribution in [1.82, 2.24) is 9.97 Å². The highest BCUT2D eigenvalue weighted by Gasteiger charge is 2.15. The third-order valence-corrected chi connectivity index (χ3v) is 6.74. The molecule has 28 heavy (non-hydrogen) atoms. The SMILES string of the molecule is N#Cc1cnc2sc(-c3ccc(C=O)s3)cc2c1Nc1ccc2[nH]ccc2c1. The fourth-order valence-corrected chi connectivity index (χ4v) is 5.07. The Balaban J connectivity index is 1.63. The van der Waals surface area contributed by atoms with Crippen molar-refractivity contribution in [3.05, 3.63) is 65.3 Å². The van der Waals surface area contributed by atoms with E-state index in [2.05, 4.69) is 21.4 Å². The molecule has 0 aliphatic heterocycles. The maximum absolute atomic E-state index is 11.0. The number of anilines is 2. The Kier molecular flexibility index (Phi) is 3.93. The predicted molar refractivity (Wildman–Crippen MR) is 115 cm³/mol. The topological polar surface area (TPSA) is 81.6 Å². The number of aromatic amines is 1. The molecule has 7 heteroatoms. The lowest BCUT2D eigenvalue weighted by molar-refractivity contribution is 0.112. The van der Waals surface area contributed by atoms with Crippen LogP contribution in [0.2, 0.25) is 0 Å². The van der Waals surface area contributed by atoms with Gasteiger partial charge in [-0.3, -0.25) is 4.79 Å². The van der Waals surface area contributed by atoms with Crippen molar-refractivity contribution in [2.24, 2.45) is 0 Å². The zero-order valence-electron chi connectivity index (χ0n) is 14.4. The van der Waals surface area contributed by atoms with Gasteiger partial charge in [0.15, 0.2) is 6.29 Å². The van der Waals surface area contributed by atoms with E-state index in [1.165, 1.54) is 11.3 Å². The maximum Gasteiger partial charge on any atom is 0.160 e. The van der Waals surface area contributed by atoms with Crippen LogP contribution < -0.4 is 5.32 Å². The molecule has 134 valence electrons. The highest BCUT2D eigenvalue weighted by molar-refractivity contribution is 7.26. The number of aromatic nitrogens is 2. The summed E-state index contributed by atoms with van der Waals surface area (Å²) < 4.78 is 0. The summed E-state index contributed by atoms with van der Waals surface area (Å²) in [7, 11) is 0. The molecule has 0 amide bonds. The number of aldehydes is 1. The molecule has 0 unspecified atom stereocenters. The van der Waals surface area contributed by atoms with Crippen LogP contribution >= 0.6 is 22.7 Å². The van der Waals surface area contributed by atoms with Gasteiger partial charge in [0.2, 0.25) is 0 Å². The number of nitrogens with zero attached hydrogens (tertiary/aromatic N) is 2. The molecule has 0 atom stereocenters. The molecule has 0 saturated carbocycles. The molecule has 2 N–H and O–H groups in total. The first-order valence-corrected chi connectivity index (χ1v) is 10.1. The zero-order valence-corrected chi connectivity index (χ0v) is 16.0. The smallest absolute Gasteiger partial charge is 0.160 e. The lowest BCUT2D eigenvalue weighted by atomic mass is 10.1. The Morgan fingerprint density at radius 1 is 1.11 bits per heavy atom. The van der Waals surface area contributed by atoms with Gasteiger partial charge in [-0.05, 0) is 42.5 Å². The maximum atomic E-state index is 11.0. The van der Waals surface area contributed by atoms with Gasteiger partial charge in [0, 0.05) is 44.1 Å². The number of pyridine rings is 1. The summed E-state index contributed by atoms with van der Waals surface area (Å²) in [6.45, 7) is 0.